The molecule has 0 aromatic rings. The summed E-state index contributed by atoms with van der Waals surface area (Å²) in [6, 6.07) is 0. The molecule has 4 rings (SSSR count). The molecule has 0 amide bonds. The summed E-state index contributed by atoms with van der Waals surface area (Å²) in [5.41, 5.74) is 3.63. The minimum absolute atomic E-state index is 0.250. The third kappa shape index (κ3) is 4.40. The van der Waals surface area contributed by atoms with E-state index in [1.54, 1.807) is 0 Å². The zero-order valence-electron chi connectivity index (χ0n) is 18.8. The highest BCUT2D eigenvalue weighted by Gasteiger charge is 2.50. The zero-order chi connectivity index (χ0) is 21.5. The Bertz CT molecular complexity index is 743. The van der Waals surface area contributed by atoms with Crippen molar-refractivity contribution >= 4 is 0 Å². The van der Waals surface area contributed by atoms with E-state index in [1.165, 1.54) is 44.1 Å². The summed E-state index contributed by atoms with van der Waals surface area (Å²) in [5.74, 6) is 2.28. The molecular formula is C27H40O3. The van der Waals surface area contributed by atoms with E-state index in [9.17, 15) is 15.3 Å². The SMILES string of the molecule is C=C1/C(=C\C=C2/CCC[C@@]3(C)[C@H]2CC[C@H]3[C@H](C)/C=C/[C@@H](O)C2CC2)C[C@H](O)C[C@H]1O. The van der Waals surface area contributed by atoms with E-state index in [-0.39, 0.29) is 6.10 Å². The summed E-state index contributed by atoms with van der Waals surface area (Å²) in [4.78, 5) is 0. The Morgan fingerprint density at radius 2 is 1.87 bits per heavy atom. The predicted molar refractivity (Wildman–Crippen MR) is 122 cm³/mol. The highest BCUT2D eigenvalue weighted by Crippen LogP contribution is 2.59. The Morgan fingerprint density at radius 3 is 2.60 bits per heavy atom. The van der Waals surface area contributed by atoms with Crippen molar-refractivity contribution < 1.29 is 15.3 Å². The van der Waals surface area contributed by atoms with Gasteiger partial charge >= 0.3 is 0 Å². The molecule has 7 atom stereocenters. The van der Waals surface area contributed by atoms with Crippen LogP contribution in [0, 0.1) is 29.1 Å². The van der Waals surface area contributed by atoms with Crippen molar-refractivity contribution in [3.63, 3.8) is 0 Å². The summed E-state index contributed by atoms with van der Waals surface area (Å²) < 4.78 is 0. The van der Waals surface area contributed by atoms with Crippen LogP contribution in [-0.4, -0.2) is 33.6 Å². The molecule has 0 radical (unpaired) electrons. The number of hydrogen-bond acceptors (Lipinski definition) is 3. The van der Waals surface area contributed by atoms with Gasteiger partial charge in [0, 0.05) is 6.42 Å². The van der Waals surface area contributed by atoms with Gasteiger partial charge in [-0.05, 0) is 91.6 Å². The molecule has 30 heavy (non-hydrogen) atoms. The van der Waals surface area contributed by atoms with Crippen molar-refractivity contribution in [2.45, 2.75) is 89.9 Å². The maximum atomic E-state index is 10.2. The second kappa shape index (κ2) is 8.76. The van der Waals surface area contributed by atoms with Crippen LogP contribution in [0.4, 0.5) is 0 Å². The van der Waals surface area contributed by atoms with Crippen LogP contribution in [0.15, 0.2) is 47.6 Å². The molecule has 0 bridgehead atoms. The Balaban J connectivity index is 1.48. The maximum absolute atomic E-state index is 10.2. The molecular weight excluding hydrogens is 372 g/mol. The van der Waals surface area contributed by atoms with E-state index in [0.717, 1.165) is 17.6 Å². The number of fused-ring (bicyclic) bond motifs is 1. The second-order valence-corrected chi connectivity index (χ2v) is 10.7. The first kappa shape index (κ1) is 22.0. The summed E-state index contributed by atoms with van der Waals surface area (Å²) in [6.07, 6.45) is 16.9. The lowest BCUT2D eigenvalue weighted by atomic mass is 9.61. The average molecular weight is 413 g/mol. The van der Waals surface area contributed by atoms with Crippen LogP contribution in [0.25, 0.3) is 0 Å². The smallest absolute Gasteiger partial charge is 0.0811 e. The molecule has 0 aromatic carbocycles. The molecule has 166 valence electrons. The van der Waals surface area contributed by atoms with Crippen molar-refractivity contribution in [1.82, 2.24) is 0 Å². The van der Waals surface area contributed by atoms with Crippen LogP contribution in [0.1, 0.15) is 71.6 Å². The highest BCUT2D eigenvalue weighted by atomic mass is 16.3. The molecule has 0 spiro atoms. The Kier molecular flexibility index (Phi) is 6.44. The molecule has 4 aliphatic carbocycles. The first-order valence-corrected chi connectivity index (χ1v) is 12.1. The van der Waals surface area contributed by atoms with Crippen LogP contribution in [0.2, 0.25) is 0 Å². The Labute approximate surface area is 182 Å². The fraction of sp³-hybridized carbons (Fsp3) is 0.704. The van der Waals surface area contributed by atoms with Crippen molar-refractivity contribution in [3.8, 4) is 0 Å². The molecule has 0 aromatic heterocycles. The molecule has 0 unspecified atom stereocenters. The minimum Gasteiger partial charge on any atom is -0.393 e. The fourth-order valence-corrected chi connectivity index (χ4v) is 6.63. The lowest BCUT2D eigenvalue weighted by Gasteiger charge is -2.44. The monoisotopic (exact) mass is 412 g/mol. The molecule has 3 N–H and O–H groups in total. The Morgan fingerprint density at radius 1 is 1.10 bits per heavy atom. The third-order valence-corrected chi connectivity index (χ3v) is 8.65. The number of aliphatic hydroxyl groups excluding tert-OH is 3. The minimum atomic E-state index is -0.621. The summed E-state index contributed by atoms with van der Waals surface area (Å²) in [5, 5.41) is 30.4. The third-order valence-electron chi connectivity index (χ3n) is 8.65. The highest BCUT2D eigenvalue weighted by molar-refractivity contribution is 5.38. The molecule has 3 nitrogen and oxygen atoms in total. The van der Waals surface area contributed by atoms with E-state index >= 15 is 0 Å². The van der Waals surface area contributed by atoms with Gasteiger partial charge in [0.05, 0.1) is 18.3 Å². The van der Waals surface area contributed by atoms with Gasteiger partial charge in [0.25, 0.3) is 0 Å². The van der Waals surface area contributed by atoms with E-state index < -0.39 is 12.2 Å². The maximum Gasteiger partial charge on any atom is 0.0811 e. The number of aliphatic hydroxyl groups is 3. The van der Waals surface area contributed by atoms with Crippen LogP contribution in [-0.2, 0) is 0 Å². The number of allylic oxidation sites excluding steroid dienone is 4. The van der Waals surface area contributed by atoms with Gasteiger partial charge in [-0.3, -0.25) is 0 Å². The van der Waals surface area contributed by atoms with Crippen molar-refractivity contribution in [1.29, 1.82) is 0 Å². The lowest BCUT2D eigenvalue weighted by Crippen LogP contribution is -2.35. The quantitative estimate of drug-likeness (QED) is 0.551. The zero-order valence-corrected chi connectivity index (χ0v) is 18.8. The number of rotatable bonds is 5. The fourth-order valence-electron chi connectivity index (χ4n) is 6.63. The Hall–Kier alpha value is -1.16. The van der Waals surface area contributed by atoms with Crippen molar-refractivity contribution in [2.24, 2.45) is 29.1 Å². The number of hydrogen-bond donors (Lipinski definition) is 3. The summed E-state index contributed by atoms with van der Waals surface area (Å²) >= 11 is 0. The summed E-state index contributed by atoms with van der Waals surface area (Å²) in [7, 11) is 0. The lowest BCUT2D eigenvalue weighted by molar-refractivity contribution is 0.0862. The first-order chi connectivity index (χ1) is 14.3. The topological polar surface area (TPSA) is 60.7 Å². The van der Waals surface area contributed by atoms with E-state index in [4.69, 9.17) is 0 Å². The van der Waals surface area contributed by atoms with Gasteiger partial charge in [-0.1, -0.05) is 50.3 Å². The van der Waals surface area contributed by atoms with Crippen LogP contribution in [0.5, 0.6) is 0 Å². The standard InChI is InChI=1S/C27H40O3/c1-17(6-13-25(29)20-8-9-20)23-11-12-24-19(5-4-14-27(23,24)3)7-10-21-15-22(28)16-26(30)18(21)2/h6-7,10,13,17,20,22-26,28-30H,2,4-5,8-9,11-12,14-16H2,1,3H3/b13-6+,19-7+,21-10-/t17-,22+,23+,24+,25-,26-,27-/m1/s1. The average Bonchev–Trinajstić information content (AvgIpc) is 3.49. The molecule has 0 aliphatic heterocycles. The van der Waals surface area contributed by atoms with Gasteiger partial charge in [-0.15, -0.1) is 0 Å². The molecule has 4 saturated carbocycles. The van der Waals surface area contributed by atoms with Crippen LogP contribution >= 0.6 is 0 Å². The van der Waals surface area contributed by atoms with Crippen LogP contribution < -0.4 is 0 Å². The first-order valence-electron chi connectivity index (χ1n) is 12.1. The largest absolute Gasteiger partial charge is 0.393 e. The molecule has 3 heteroatoms. The van der Waals surface area contributed by atoms with Crippen LogP contribution in [0.3, 0.4) is 0 Å². The van der Waals surface area contributed by atoms with Crippen molar-refractivity contribution in [3.05, 3.63) is 47.6 Å². The van der Waals surface area contributed by atoms with Gasteiger partial charge in [0.1, 0.15) is 0 Å². The van der Waals surface area contributed by atoms with Crippen molar-refractivity contribution in [2.75, 3.05) is 0 Å². The normalized spacial score (nSPS) is 42.1. The predicted octanol–water partition coefficient (Wildman–Crippen LogP) is 5.09. The van der Waals surface area contributed by atoms with E-state index in [0.29, 0.717) is 41.9 Å². The molecule has 4 fully saturated rings. The van der Waals surface area contributed by atoms with Gasteiger partial charge in [-0.2, -0.15) is 0 Å². The van der Waals surface area contributed by atoms with Gasteiger partial charge in [0.15, 0.2) is 0 Å². The molecule has 4 aliphatic rings. The molecule has 0 heterocycles. The van der Waals surface area contributed by atoms with E-state index in [1.807, 2.05) is 0 Å². The van der Waals surface area contributed by atoms with E-state index in [2.05, 4.69) is 44.7 Å². The summed E-state index contributed by atoms with van der Waals surface area (Å²) in [6.45, 7) is 8.88. The van der Waals surface area contributed by atoms with Gasteiger partial charge in [0.2, 0.25) is 0 Å². The molecule has 0 saturated heterocycles. The van der Waals surface area contributed by atoms with Gasteiger partial charge < -0.3 is 15.3 Å². The second-order valence-electron chi connectivity index (χ2n) is 10.7. The van der Waals surface area contributed by atoms with Gasteiger partial charge in [-0.25, -0.2) is 0 Å².